The first-order valence-corrected chi connectivity index (χ1v) is 15.5. The first-order valence-electron chi connectivity index (χ1n) is 15.5. The van der Waals surface area contributed by atoms with Crippen LogP contribution in [0, 0.1) is 20.8 Å². The van der Waals surface area contributed by atoms with Crippen molar-refractivity contribution in [2.24, 2.45) is 0 Å². The molecule has 0 radical (unpaired) electrons. The van der Waals surface area contributed by atoms with Crippen LogP contribution in [0.5, 0.6) is 0 Å². The maximum absolute atomic E-state index is 9.10. The quantitative estimate of drug-likeness (QED) is 0.167. The fraction of sp³-hybridized carbons (Fsp3) is 0.444. The van der Waals surface area contributed by atoms with Crippen molar-refractivity contribution in [2.75, 3.05) is 54.0 Å². The number of aliphatic carboxylic acids is 2. The van der Waals surface area contributed by atoms with Crippen molar-refractivity contribution in [3.05, 3.63) is 88.0 Å². The Morgan fingerprint density at radius 2 is 0.744 bits per heavy atom. The van der Waals surface area contributed by atoms with Crippen molar-refractivity contribution < 1.29 is 19.8 Å². The molecule has 0 spiro atoms. The van der Waals surface area contributed by atoms with Crippen molar-refractivity contribution in [3.8, 4) is 0 Å². The van der Waals surface area contributed by atoms with E-state index in [-0.39, 0.29) is 5.92 Å². The van der Waals surface area contributed by atoms with Gasteiger partial charge in [-0.1, -0.05) is 18.2 Å². The zero-order valence-corrected chi connectivity index (χ0v) is 27.6. The van der Waals surface area contributed by atoms with Gasteiger partial charge in [0.1, 0.15) is 0 Å². The molecule has 0 saturated carbocycles. The second-order valence-electron chi connectivity index (χ2n) is 10.7. The number of carbonyl (C=O) groups is 2. The number of anilines is 3. The van der Waals surface area contributed by atoms with Crippen molar-refractivity contribution in [1.29, 1.82) is 0 Å². The minimum atomic E-state index is -1.82. The molecule has 0 aliphatic rings. The Balaban J connectivity index is 0.000000973. The van der Waals surface area contributed by atoms with Gasteiger partial charge in [-0.05, 0) is 132 Å². The van der Waals surface area contributed by atoms with Crippen LogP contribution in [0.1, 0.15) is 80.8 Å². The molecule has 3 aromatic carbocycles. The fourth-order valence-corrected chi connectivity index (χ4v) is 5.81. The molecule has 3 aromatic rings. The topological polar surface area (TPSA) is 84.3 Å². The van der Waals surface area contributed by atoms with Crippen molar-refractivity contribution in [1.82, 2.24) is 0 Å². The van der Waals surface area contributed by atoms with Crippen LogP contribution in [0.2, 0.25) is 0 Å². The van der Waals surface area contributed by atoms with Gasteiger partial charge in [-0.2, -0.15) is 0 Å². The molecule has 0 aliphatic heterocycles. The van der Waals surface area contributed by atoms with E-state index in [1.54, 1.807) is 0 Å². The number of hydrogen-bond acceptors (Lipinski definition) is 5. The molecule has 0 saturated heterocycles. The standard InChI is InChI=1S/C34H49N3.C2H2O4/c1-10-35(11-2)28-16-19-31(25(7)22-28)34(32-20-17-29(23-26(32)8)36(12-3)13-4)33-21-18-30(24-27(33)9)37(14-5)15-6;3-1(4)2(5)6/h16-24,34H,10-15H2,1-9H3;(H,3,4)(H,5,6). The molecule has 0 aliphatic carbocycles. The predicted molar refractivity (Wildman–Crippen MR) is 180 cm³/mol. The van der Waals surface area contributed by atoms with Gasteiger partial charge in [0.25, 0.3) is 0 Å². The molecule has 43 heavy (non-hydrogen) atoms. The summed E-state index contributed by atoms with van der Waals surface area (Å²) in [5, 5.41) is 14.8. The SMILES string of the molecule is CCN(CC)c1ccc(C(c2ccc(N(CC)CC)cc2C)c2ccc(N(CC)CC)cc2C)c(C)c1.O=C(O)C(=O)O. The van der Waals surface area contributed by atoms with Gasteiger partial charge < -0.3 is 24.9 Å². The lowest BCUT2D eigenvalue weighted by molar-refractivity contribution is -0.159. The average Bonchev–Trinajstić information content (AvgIpc) is 2.98. The van der Waals surface area contributed by atoms with Crippen LogP contribution in [0.4, 0.5) is 17.1 Å². The second-order valence-corrected chi connectivity index (χ2v) is 10.7. The van der Waals surface area contributed by atoms with Crippen LogP contribution in [0.3, 0.4) is 0 Å². The average molecular weight is 590 g/mol. The third-order valence-electron chi connectivity index (χ3n) is 8.26. The van der Waals surface area contributed by atoms with E-state index in [1.807, 2.05) is 0 Å². The van der Waals surface area contributed by atoms with E-state index >= 15 is 0 Å². The Labute approximate surface area is 258 Å². The van der Waals surface area contributed by atoms with Gasteiger partial charge in [0.15, 0.2) is 0 Å². The van der Waals surface area contributed by atoms with E-state index in [0.29, 0.717) is 0 Å². The van der Waals surface area contributed by atoms with Crippen molar-refractivity contribution in [2.45, 2.75) is 68.2 Å². The molecule has 0 bridgehead atoms. The summed E-state index contributed by atoms with van der Waals surface area (Å²) < 4.78 is 0. The number of benzene rings is 3. The lowest BCUT2D eigenvalue weighted by Crippen LogP contribution is -2.23. The summed E-state index contributed by atoms with van der Waals surface area (Å²) in [4.78, 5) is 25.5. The summed E-state index contributed by atoms with van der Waals surface area (Å²) in [7, 11) is 0. The van der Waals surface area contributed by atoms with E-state index in [4.69, 9.17) is 19.8 Å². The van der Waals surface area contributed by atoms with E-state index in [1.165, 1.54) is 50.4 Å². The van der Waals surface area contributed by atoms with Gasteiger partial charge in [-0.25, -0.2) is 9.59 Å². The number of aryl methyl sites for hydroxylation is 3. The molecule has 0 atom stereocenters. The third-order valence-corrected chi connectivity index (χ3v) is 8.26. The molecule has 2 N–H and O–H groups in total. The molecule has 0 amide bonds. The Morgan fingerprint density at radius 3 is 0.907 bits per heavy atom. The van der Waals surface area contributed by atoms with Crippen LogP contribution >= 0.6 is 0 Å². The highest BCUT2D eigenvalue weighted by Crippen LogP contribution is 2.40. The van der Waals surface area contributed by atoms with Crippen LogP contribution in [0.15, 0.2) is 54.6 Å². The fourth-order valence-electron chi connectivity index (χ4n) is 5.81. The van der Waals surface area contributed by atoms with Crippen LogP contribution in [-0.4, -0.2) is 61.4 Å². The molecular weight excluding hydrogens is 538 g/mol. The number of rotatable bonds is 12. The summed E-state index contributed by atoms with van der Waals surface area (Å²) in [5.74, 6) is -3.45. The monoisotopic (exact) mass is 589 g/mol. The molecule has 7 nitrogen and oxygen atoms in total. The lowest BCUT2D eigenvalue weighted by atomic mass is 9.79. The number of hydrogen-bond donors (Lipinski definition) is 2. The van der Waals surface area contributed by atoms with Gasteiger partial charge in [-0.15, -0.1) is 0 Å². The second kappa shape index (κ2) is 16.6. The maximum atomic E-state index is 9.10. The molecule has 0 heterocycles. The Bertz CT molecular complexity index is 1200. The maximum Gasteiger partial charge on any atom is 0.414 e. The van der Waals surface area contributed by atoms with Gasteiger partial charge in [0.05, 0.1) is 0 Å². The minimum absolute atomic E-state index is 0.197. The van der Waals surface area contributed by atoms with E-state index in [2.05, 4.69) is 132 Å². The van der Waals surface area contributed by atoms with Crippen molar-refractivity contribution >= 4 is 29.0 Å². The third kappa shape index (κ3) is 8.76. The van der Waals surface area contributed by atoms with Crippen LogP contribution < -0.4 is 14.7 Å². The molecular formula is C36H51N3O4. The molecule has 3 rings (SSSR count). The summed E-state index contributed by atoms with van der Waals surface area (Å²) >= 11 is 0. The summed E-state index contributed by atoms with van der Waals surface area (Å²) in [5.41, 5.74) is 12.2. The van der Waals surface area contributed by atoms with Gasteiger partial charge in [0, 0.05) is 62.2 Å². The first-order chi connectivity index (χ1) is 20.5. The number of carboxylic acid groups (broad SMARTS) is 2. The van der Waals surface area contributed by atoms with Gasteiger partial charge in [-0.3, -0.25) is 0 Å². The van der Waals surface area contributed by atoms with Gasteiger partial charge in [0.2, 0.25) is 0 Å². The molecule has 0 fully saturated rings. The Morgan fingerprint density at radius 1 is 0.512 bits per heavy atom. The zero-order chi connectivity index (χ0) is 32.3. The number of carboxylic acids is 2. The number of nitrogens with zero attached hydrogens (tertiary/aromatic N) is 3. The summed E-state index contributed by atoms with van der Waals surface area (Å²) in [6, 6.07) is 21.2. The highest BCUT2D eigenvalue weighted by atomic mass is 16.4. The minimum Gasteiger partial charge on any atom is -0.473 e. The Kier molecular flexibility index (Phi) is 13.6. The summed E-state index contributed by atoms with van der Waals surface area (Å²) in [6.07, 6.45) is 0. The molecule has 7 heteroatoms. The Hall–Kier alpha value is -4.00. The van der Waals surface area contributed by atoms with Crippen LogP contribution in [0.25, 0.3) is 0 Å². The van der Waals surface area contributed by atoms with Crippen molar-refractivity contribution in [3.63, 3.8) is 0 Å². The van der Waals surface area contributed by atoms with E-state index in [9.17, 15) is 0 Å². The highest BCUT2D eigenvalue weighted by molar-refractivity contribution is 6.27. The zero-order valence-electron chi connectivity index (χ0n) is 27.6. The first kappa shape index (κ1) is 35.2. The smallest absolute Gasteiger partial charge is 0.414 e. The largest absolute Gasteiger partial charge is 0.473 e. The predicted octanol–water partition coefficient (Wildman–Crippen LogP) is 7.49. The van der Waals surface area contributed by atoms with E-state index < -0.39 is 11.9 Å². The molecule has 0 aromatic heterocycles. The summed E-state index contributed by atoms with van der Waals surface area (Å²) in [6.45, 7) is 26.4. The van der Waals surface area contributed by atoms with E-state index in [0.717, 1.165) is 39.3 Å². The normalized spacial score (nSPS) is 10.7. The lowest BCUT2D eigenvalue weighted by Gasteiger charge is -2.29. The highest BCUT2D eigenvalue weighted by Gasteiger charge is 2.24. The van der Waals surface area contributed by atoms with Crippen LogP contribution in [-0.2, 0) is 9.59 Å². The van der Waals surface area contributed by atoms with Gasteiger partial charge >= 0.3 is 11.9 Å². The molecule has 0 unspecified atom stereocenters. The molecule has 234 valence electrons.